The van der Waals surface area contributed by atoms with E-state index in [0.717, 1.165) is 96.6 Å². The fourth-order valence-corrected chi connectivity index (χ4v) is 13.4. The number of carbonyl (C=O) groups is 5. The predicted molar refractivity (Wildman–Crippen MR) is 224 cm³/mol. The molecule has 8 atom stereocenters. The van der Waals surface area contributed by atoms with Crippen molar-refractivity contribution in [1.29, 1.82) is 0 Å². The highest BCUT2D eigenvalue weighted by molar-refractivity contribution is 7.81. The van der Waals surface area contributed by atoms with Crippen molar-refractivity contribution in [2.75, 3.05) is 32.7 Å². The highest BCUT2D eigenvalue weighted by Gasteiger charge is 2.85. The number of likely N-dealkylation sites (N-methyl/N-ethyl adjacent to an activating group) is 1. The Labute approximate surface area is 349 Å². The molecule has 7 fully saturated rings. The summed E-state index contributed by atoms with van der Waals surface area (Å²) >= 11 is -1.72. The maximum atomic E-state index is 15.3. The van der Waals surface area contributed by atoms with Gasteiger partial charge < -0.3 is 20.9 Å². The van der Waals surface area contributed by atoms with Crippen molar-refractivity contribution in [3.05, 3.63) is 12.7 Å². The summed E-state index contributed by atoms with van der Waals surface area (Å²) in [5.74, 6) is -2.08. The second kappa shape index (κ2) is 16.2. The number of likely N-dealkylation sites (tertiary alicyclic amines) is 2. The fourth-order valence-electron chi connectivity index (χ4n) is 12.3. The Morgan fingerprint density at radius 3 is 2.05 bits per heavy atom. The maximum Gasteiger partial charge on any atom is 0.259 e. The topological polar surface area (TPSA) is 160 Å². The van der Waals surface area contributed by atoms with Crippen LogP contribution in [0.4, 0.5) is 0 Å². The van der Waals surface area contributed by atoms with Crippen LogP contribution in [0.15, 0.2) is 12.7 Å². The van der Waals surface area contributed by atoms with Crippen molar-refractivity contribution in [3.8, 4) is 0 Å². The SMILES string of the molecule is C=CC1CC1(NC(=O)C1CC2(CN1C(=O)C(NC(=O)C(NC(=O)C1CCCCN1CC)C1CCCCC1)C(C)(C)C)C(C)(C)C21CCC1)C(=O)NS(=O)N1CCCC1. The van der Waals surface area contributed by atoms with Gasteiger partial charge in [0.2, 0.25) is 23.6 Å². The molecule has 4 saturated carbocycles. The Hall–Kier alpha value is -2.84. The highest BCUT2D eigenvalue weighted by Crippen LogP contribution is 2.88. The van der Waals surface area contributed by atoms with Gasteiger partial charge in [-0.05, 0) is 99.5 Å². The van der Waals surface area contributed by atoms with E-state index >= 15 is 4.79 Å². The van der Waals surface area contributed by atoms with Crippen molar-refractivity contribution in [2.45, 2.75) is 168 Å². The highest BCUT2D eigenvalue weighted by atomic mass is 32.2. The van der Waals surface area contributed by atoms with Crippen LogP contribution in [0.25, 0.3) is 0 Å². The molecule has 4 N–H and O–H groups in total. The van der Waals surface area contributed by atoms with E-state index in [1.165, 1.54) is 0 Å². The Bertz CT molecular complexity index is 1660. The van der Waals surface area contributed by atoms with Crippen LogP contribution in [0.2, 0.25) is 0 Å². The molecule has 7 aliphatic rings. The van der Waals surface area contributed by atoms with Crippen LogP contribution < -0.4 is 20.7 Å². The lowest BCUT2D eigenvalue weighted by molar-refractivity contribution is -0.145. The zero-order valence-corrected chi connectivity index (χ0v) is 36.9. The van der Waals surface area contributed by atoms with E-state index in [1.54, 1.807) is 15.3 Å². The average Bonchev–Trinajstić information content (AvgIpc) is 3.64. The second-order valence-electron chi connectivity index (χ2n) is 20.5. The van der Waals surface area contributed by atoms with Crippen molar-refractivity contribution in [3.63, 3.8) is 0 Å². The van der Waals surface area contributed by atoms with Crippen LogP contribution in [0.5, 0.6) is 0 Å². The largest absolute Gasteiger partial charge is 0.343 e. The van der Waals surface area contributed by atoms with Gasteiger partial charge in [0.1, 0.15) is 23.7 Å². The number of fused-ring (bicyclic) bond motifs is 1. The summed E-state index contributed by atoms with van der Waals surface area (Å²) in [6.07, 6.45) is 15.0. The van der Waals surface area contributed by atoms with Gasteiger partial charge in [-0.2, -0.15) is 0 Å². The summed E-state index contributed by atoms with van der Waals surface area (Å²) in [6, 6.07) is -2.90. The second-order valence-corrected chi connectivity index (χ2v) is 21.7. The molecule has 3 heterocycles. The monoisotopic (exact) mass is 826 g/mol. The molecule has 2 spiro atoms. The number of amides is 5. The van der Waals surface area contributed by atoms with Gasteiger partial charge in [-0.3, -0.25) is 33.6 Å². The number of hydrogen-bond acceptors (Lipinski definition) is 7. The van der Waals surface area contributed by atoms with Gasteiger partial charge in [-0.25, -0.2) is 8.51 Å². The van der Waals surface area contributed by atoms with E-state index in [4.69, 9.17) is 0 Å². The van der Waals surface area contributed by atoms with Gasteiger partial charge >= 0.3 is 0 Å². The van der Waals surface area contributed by atoms with Crippen molar-refractivity contribution in [2.24, 2.45) is 33.5 Å². The molecule has 13 nitrogen and oxygen atoms in total. The predicted octanol–water partition coefficient (Wildman–Crippen LogP) is 4.11. The Balaban J connectivity index is 1.14. The van der Waals surface area contributed by atoms with E-state index in [0.29, 0.717) is 32.5 Å². The normalized spacial score (nSPS) is 33.4. The van der Waals surface area contributed by atoms with E-state index in [1.807, 2.05) is 20.8 Å². The number of nitrogens with zero attached hydrogens (tertiary/aromatic N) is 3. The lowest BCUT2D eigenvalue weighted by Crippen LogP contribution is -2.63. The summed E-state index contributed by atoms with van der Waals surface area (Å²) in [6.45, 7) is 19.6. The molecule has 324 valence electrons. The molecule has 0 radical (unpaired) electrons. The van der Waals surface area contributed by atoms with Crippen LogP contribution in [0.1, 0.15) is 138 Å². The Kier molecular flexibility index (Phi) is 12.1. The molecule has 0 aromatic carbocycles. The minimum Gasteiger partial charge on any atom is -0.343 e. The molecule has 0 bridgehead atoms. The summed E-state index contributed by atoms with van der Waals surface area (Å²) in [5, 5.41) is 9.46. The third-order valence-corrected chi connectivity index (χ3v) is 17.5. The quantitative estimate of drug-likeness (QED) is 0.204. The van der Waals surface area contributed by atoms with Crippen LogP contribution in [0.3, 0.4) is 0 Å². The minimum atomic E-state index is -1.72. The average molecular weight is 826 g/mol. The summed E-state index contributed by atoms with van der Waals surface area (Å²) in [7, 11) is 0. The van der Waals surface area contributed by atoms with Crippen molar-refractivity contribution in [1.82, 2.24) is 34.8 Å². The first-order valence-electron chi connectivity index (χ1n) is 22.5. The minimum absolute atomic E-state index is 0.0286. The molecular weight excluding hydrogens is 755 g/mol. The molecule has 14 heteroatoms. The number of rotatable bonds is 13. The van der Waals surface area contributed by atoms with Gasteiger partial charge in [-0.15, -0.1) is 6.58 Å². The number of nitrogens with one attached hydrogen (secondary N) is 4. The third-order valence-electron chi connectivity index (χ3n) is 16.4. The van der Waals surface area contributed by atoms with Gasteiger partial charge in [0.25, 0.3) is 5.91 Å². The van der Waals surface area contributed by atoms with Gasteiger partial charge in [0.05, 0.1) is 6.04 Å². The summed E-state index contributed by atoms with van der Waals surface area (Å²) in [5.41, 5.74) is -2.38. The third kappa shape index (κ3) is 7.36. The van der Waals surface area contributed by atoms with Crippen LogP contribution in [0, 0.1) is 33.5 Å². The molecule has 0 aromatic rings. The lowest BCUT2D eigenvalue weighted by Gasteiger charge is -2.39. The molecule has 5 amide bonds. The molecule has 7 rings (SSSR count). The maximum absolute atomic E-state index is 15.3. The van der Waals surface area contributed by atoms with Gasteiger partial charge in [0.15, 0.2) is 11.2 Å². The van der Waals surface area contributed by atoms with Gasteiger partial charge in [0, 0.05) is 31.0 Å². The number of piperidine rings is 1. The summed E-state index contributed by atoms with van der Waals surface area (Å²) < 4.78 is 17.5. The Morgan fingerprint density at radius 2 is 1.48 bits per heavy atom. The molecule has 0 aromatic heterocycles. The smallest absolute Gasteiger partial charge is 0.259 e. The molecular formula is C44H71N7O6S. The van der Waals surface area contributed by atoms with Crippen LogP contribution >= 0.6 is 0 Å². The molecule has 8 unspecified atom stereocenters. The first-order valence-corrected chi connectivity index (χ1v) is 23.7. The molecule has 4 aliphatic carbocycles. The van der Waals surface area contributed by atoms with E-state index in [-0.39, 0.29) is 51.8 Å². The number of hydrogen-bond donors (Lipinski definition) is 4. The van der Waals surface area contributed by atoms with E-state index < -0.39 is 52.1 Å². The molecule has 3 aliphatic heterocycles. The van der Waals surface area contributed by atoms with E-state index in [2.05, 4.69) is 52.9 Å². The van der Waals surface area contributed by atoms with Crippen molar-refractivity contribution < 1.29 is 28.2 Å². The zero-order valence-electron chi connectivity index (χ0n) is 36.1. The van der Waals surface area contributed by atoms with Crippen LogP contribution in [-0.4, -0.2) is 110 Å². The first kappa shape index (κ1) is 43.3. The zero-order chi connectivity index (χ0) is 41.8. The van der Waals surface area contributed by atoms with E-state index in [9.17, 15) is 23.4 Å². The Morgan fingerprint density at radius 1 is 0.828 bits per heavy atom. The molecule has 58 heavy (non-hydrogen) atoms. The first-order chi connectivity index (χ1) is 27.5. The molecule has 3 saturated heterocycles. The lowest BCUT2D eigenvalue weighted by atomic mass is 9.73. The standard InChI is InChI=1S/C44H71N7O6S/c1-8-30-26-44(30,39(56)48-58(57)50-24-15-16-25-50)47-36(53)32-27-43(41(6,7)42(43)21-17-22-42)28-51(32)38(55)34(40(3,4)5)46-37(54)33(29-18-11-10-12-19-29)45-35(52)31-20-13-14-23-49(31)9-2/h8,29-34H,1,9-28H2,2-7H3,(H,45,52)(H,46,54)(H,47,53)(H,48,56). The van der Waals surface area contributed by atoms with Gasteiger partial charge in [-0.1, -0.05) is 79.7 Å². The fraction of sp³-hybridized carbons (Fsp3) is 0.841. The number of carbonyl (C=O) groups excluding carboxylic acids is 5. The van der Waals surface area contributed by atoms with Crippen LogP contribution in [-0.2, 0) is 35.1 Å². The summed E-state index contributed by atoms with van der Waals surface area (Å²) in [4.78, 5) is 76.3. The van der Waals surface area contributed by atoms with Crippen molar-refractivity contribution >= 4 is 40.7 Å².